The number of carbonyl (C=O) groups is 2. The van der Waals surface area contributed by atoms with Crippen LogP contribution in [-0.4, -0.2) is 29.1 Å². The number of carbonyl (C=O) groups excluding carboxylic acids is 1. The van der Waals surface area contributed by atoms with Crippen molar-refractivity contribution in [2.24, 2.45) is 17.6 Å². The lowest BCUT2D eigenvalue weighted by atomic mass is 9.81. The summed E-state index contributed by atoms with van der Waals surface area (Å²) in [7, 11) is 0. The third kappa shape index (κ3) is 3.45. The molecule has 18 heavy (non-hydrogen) atoms. The highest BCUT2D eigenvalue weighted by Crippen LogP contribution is 2.28. The van der Waals surface area contributed by atoms with Crippen LogP contribution in [0.25, 0.3) is 0 Å². The second-order valence-electron chi connectivity index (χ2n) is 5.43. The van der Waals surface area contributed by atoms with Crippen LogP contribution in [-0.2, 0) is 9.59 Å². The van der Waals surface area contributed by atoms with Gasteiger partial charge in [0.1, 0.15) is 5.54 Å². The maximum Gasteiger partial charge on any atom is 0.329 e. The number of carboxylic acids is 1. The van der Waals surface area contributed by atoms with Crippen molar-refractivity contribution in [3.63, 3.8) is 0 Å². The molecule has 1 aliphatic rings. The van der Waals surface area contributed by atoms with Gasteiger partial charge in [-0.15, -0.1) is 0 Å². The Balaban J connectivity index is 2.53. The van der Waals surface area contributed by atoms with E-state index < -0.39 is 11.5 Å². The number of hydrogen-bond donors (Lipinski definition) is 3. The minimum Gasteiger partial charge on any atom is -0.480 e. The highest BCUT2D eigenvalue weighted by molar-refractivity contribution is 5.87. The fourth-order valence-corrected chi connectivity index (χ4v) is 2.33. The zero-order valence-electron chi connectivity index (χ0n) is 11.2. The van der Waals surface area contributed by atoms with Gasteiger partial charge in [-0.05, 0) is 51.5 Å². The molecule has 0 spiro atoms. The summed E-state index contributed by atoms with van der Waals surface area (Å²) in [5.74, 6) is -0.643. The van der Waals surface area contributed by atoms with Crippen molar-refractivity contribution in [3.8, 4) is 0 Å². The summed E-state index contributed by atoms with van der Waals surface area (Å²) >= 11 is 0. The lowest BCUT2D eigenvalue weighted by molar-refractivity contribution is -0.148. The van der Waals surface area contributed by atoms with Crippen LogP contribution >= 0.6 is 0 Å². The van der Waals surface area contributed by atoms with Gasteiger partial charge in [0.15, 0.2) is 0 Å². The first-order valence-electron chi connectivity index (χ1n) is 6.68. The highest BCUT2D eigenvalue weighted by Gasteiger charge is 2.35. The Morgan fingerprint density at radius 3 is 2.28 bits per heavy atom. The molecule has 1 saturated carbocycles. The van der Waals surface area contributed by atoms with Gasteiger partial charge in [-0.2, -0.15) is 0 Å². The second kappa shape index (κ2) is 6.18. The van der Waals surface area contributed by atoms with Crippen LogP contribution < -0.4 is 11.1 Å². The molecule has 0 radical (unpaired) electrons. The minimum atomic E-state index is -1.15. The van der Waals surface area contributed by atoms with Crippen LogP contribution in [0, 0.1) is 11.8 Å². The van der Waals surface area contributed by atoms with E-state index in [1.165, 1.54) is 0 Å². The first-order valence-corrected chi connectivity index (χ1v) is 6.68. The van der Waals surface area contributed by atoms with Gasteiger partial charge in [-0.25, -0.2) is 4.79 Å². The van der Waals surface area contributed by atoms with Gasteiger partial charge in [0.25, 0.3) is 0 Å². The van der Waals surface area contributed by atoms with Crippen LogP contribution in [0.3, 0.4) is 0 Å². The van der Waals surface area contributed by atoms with E-state index in [0.29, 0.717) is 18.9 Å². The van der Waals surface area contributed by atoms with Gasteiger partial charge in [0.05, 0.1) is 0 Å². The van der Waals surface area contributed by atoms with E-state index in [2.05, 4.69) is 5.32 Å². The predicted molar refractivity (Wildman–Crippen MR) is 69.0 cm³/mol. The Morgan fingerprint density at radius 2 is 1.89 bits per heavy atom. The van der Waals surface area contributed by atoms with Crippen LogP contribution in [0.1, 0.15) is 46.0 Å². The number of nitrogens with one attached hydrogen (secondary N) is 1. The van der Waals surface area contributed by atoms with E-state index in [1.807, 2.05) is 0 Å². The molecule has 0 saturated heterocycles. The standard InChI is InChI=1S/C13H24N2O3/c1-3-13(2,12(17)18)15-11(16)10-6-4-9(8-14)5-7-10/h9-10H,3-8,14H2,1-2H3,(H,15,16)(H,17,18). The number of aliphatic carboxylic acids is 1. The molecule has 0 aromatic heterocycles. The van der Waals surface area contributed by atoms with Crippen LogP contribution in [0.5, 0.6) is 0 Å². The smallest absolute Gasteiger partial charge is 0.329 e. The van der Waals surface area contributed by atoms with Gasteiger partial charge in [-0.3, -0.25) is 4.79 Å². The minimum absolute atomic E-state index is 0.0574. The van der Waals surface area contributed by atoms with Gasteiger partial charge in [0, 0.05) is 5.92 Å². The van der Waals surface area contributed by atoms with Gasteiger partial charge in [-0.1, -0.05) is 6.92 Å². The highest BCUT2D eigenvalue weighted by atomic mass is 16.4. The van der Waals surface area contributed by atoms with E-state index in [9.17, 15) is 9.59 Å². The molecule has 1 amide bonds. The number of hydrogen-bond acceptors (Lipinski definition) is 3. The molecule has 104 valence electrons. The molecule has 5 nitrogen and oxygen atoms in total. The van der Waals surface area contributed by atoms with Gasteiger partial charge >= 0.3 is 5.97 Å². The van der Waals surface area contributed by atoms with Crippen LogP contribution in [0.15, 0.2) is 0 Å². The summed E-state index contributed by atoms with van der Waals surface area (Å²) in [6, 6.07) is 0. The van der Waals surface area contributed by atoms with Crippen molar-refractivity contribution in [1.29, 1.82) is 0 Å². The maximum absolute atomic E-state index is 12.1. The summed E-state index contributed by atoms with van der Waals surface area (Å²) in [5, 5.41) is 11.8. The lowest BCUT2D eigenvalue weighted by Gasteiger charge is -2.31. The molecule has 1 unspecified atom stereocenters. The zero-order valence-corrected chi connectivity index (χ0v) is 11.2. The fraction of sp³-hybridized carbons (Fsp3) is 0.846. The molecule has 4 N–H and O–H groups in total. The van der Waals surface area contributed by atoms with Crippen molar-refractivity contribution in [2.45, 2.75) is 51.5 Å². The van der Waals surface area contributed by atoms with Crippen molar-refractivity contribution in [2.75, 3.05) is 6.54 Å². The first-order chi connectivity index (χ1) is 8.42. The molecule has 1 atom stereocenters. The Kier molecular flexibility index (Phi) is 5.14. The summed E-state index contributed by atoms with van der Waals surface area (Å²) in [6.07, 6.45) is 3.93. The molecule has 0 aromatic rings. The van der Waals surface area contributed by atoms with Crippen molar-refractivity contribution in [3.05, 3.63) is 0 Å². The predicted octanol–water partition coefficient (Wildman–Crippen LogP) is 1.12. The van der Waals surface area contributed by atoms with E-state index in [-0.39, 0.29) is 11.8 Å². The van der Waals surface area contributed by atoms with Crippen LogP contribution in [0.4, 0.5) is 0 Å². The average Bonchev–Trinajstić information content (AvgIpc) is 2.38. The molecular weight excluding hydrogens is 232 g/mol. The second-order valence-corrected chi connectivity index (χ2v) is 5.43. The zero-order chi connectivity index (χ0) is 13.8. The molecule has 0 heterocycles. The SMILES string of the molecule is CCC(C)(NC(=O)C1CCC(CN)CC1)C(=O)O. The van der Waals surface area contributed by atoms with Gasteiger partial charge in [0.2, 0.25) is 5.91 Å². The first kappa shape index (κ1) is 15.0. The lowest BCUT2D eigenvalue weighted by Crippen LogP contribution is -2.53. The topological polar surface area (TPSA) is 92.4 Å². The van der Waals surface area contributed by atoms with E-state index >= 15 is 0 Å². The van der Waals surface area contributed by atoms with Crippen molar-refractivity contribution < 1.29 is 14.7 Å². The summed E-state index contributed by atoms with van der Waals surface area (Å²) < 4.78 is 0. The Labute approximate surface area is 108 Å². The number of rotatable bonds is 5. The maximum atomic E-state index is 12.1. The molecule has 1 fully saturated rings. The largest absolute Gasteiger partial charge is 0.480 e. The monoisotopic (exact) mass is 256 g/mol. The third-order valence-corrected chi connectivity index (χ3v) is 4.13. The quantitative estimate of drug-likeness (QED) is 0.687. The molecular formula is C13H24N2O3. The summed E-state index contributed by atoms with van der Waals surface area (Å²) in [4.78, 5) is 23.2. The number of amides is 1. The van der Waals surface area contributed by atoms with Crippen molar-refractivity contribution >= 4 is 11.9 Å². The third-order valence-electron chi connectivity index (χ3n) is 4.13. The molecule has 1 rings (SSSR count). The van der Waals surface area contributed by atoms with Crippen LogP contribution in [0.2, 0.25) is 0 Å². The molecule has 5 heteroatoms. The average molecular weight is 256 g/mol. The molecule has 0 aromatic carbocycles. The molecule has 0 bridgehead atoms. The fourth-order valence-electron chi connectivity index (χ4n) is 2.33. The molecule has 0 aliphatic heterocycles. The van der Waals surface area contributed by atoms with E-state index in [1.54, 1.807) is 13.8 Å². The summed E-state index contributed by atoms with van der Waals surface area (Å²) in [5.41, 5.74) is 4.46. The molecule has 1 aliphatic carbocycles. The summed E-state index contributed by atoms with van der Waals surface area (Å²) in [6.45, 7) is 3.99. The Morgan fingerprint density at radius 1 is 1.33 bits per heavy atom. The normalized spacial score (nSPS) is 27.3. The number of carboxylic acid groups (broad SMARTS) is 1. The van der Waals surface area contributed by atoms with Gasteiger partial charge < -0.3 is 16.2 Å². The number of nitrogens with two attached hydrogens (primary N) is 1. The Hall–Kier alpha value is -1.10. The van der Waals surface area contributed by atoms with E-state index in [4.69, 9.17) is 10.8 Å². The Bertz CT molecular complexity index is 311. The van der Waals surface area contributed by atoms with Crippen molar-refractivity contribution in [1.82, 2.24) is 5.32 Å². The van der Waals surface area contributed by atoms with E-state index in [0.717, 1.165) is 25.7 Å².